The van der Waals surface area contributed by atoms with E-state index in [-0.39, 0.29) is 6.10 Å². The van der Waals surface area contributed by atoms with E-state index in [1.165, 1.54) is 35.1 Å². The van der Waals surface area contributed by atoms with Crippen LogP contribution >= 0.6 is 0 Å². The van der Waals surface area contributed by atoms with Crippen molar-refractivity contribution in [3.8, 4) is 0 Å². The van der Waals surface area contributed by atoms with Crippen molar-refractivity contribution < 1.29 is 5.11 Å². The molecule has 0 spiro atoms. The molecule has 1 nitrogen and oxygen atoms in total. The molecule has 17 heavy (non-hydrogen) atoms. The van der Waals surface area contributed by atoms with Gasteiger partial charge in [-0.25, -0.2) is 0 Å². The zero-order valence-corrected chi connectivity index (χ0v) is 10.6. The van der Waals surface area contributed by atoms with E-state index >= 15 is 0 Å². The standard InChI is InChI=1S/C16H20O/c1-10-4-3-5-11(2)16(10)14-8-13-7-6-12(14)9-15(13)17/h3-5,8,12-13,15,17H,6-7,9H2,1-2H3. The quantitative estimate of drug-likeness (QED) is 0.780. The summed E-state index contributed by atoms with van der Waals surface area (Å²) in [6.07, 6.45) is 5.63. The molecule has 0 radical (unpaired) electrons. The number of aliphatic hydroxyl groups excluding tert-OH is 1. The maximum atomic E-state index is 9.96. The van der Waals surface area contributed by atoms with Gasteiger partial charge in [-0.3, -0.25) is 0 Å². The van der Waals surface area contributed by atoms with Gasteiger partial charge in [0, 0.05) is 5.92 Å². The Kier molecular flexibility index (Phi) is 2.59. The van der Waals surface area contributed by atoms with Crippen LogP contribution in [0, 0.1) is 25.7 Å². The van der Waals surface area contributed by atoms with Gasteiger partial charge in [0.2, 0.25) is 0 Å². The monoisotopic (exact) mass is 228 g/mol. The summed E-state index contributed by atoms with van der Waals surface area (Å²) in [4.78, 5) is 0. The van der Waals surface area contributed by atoms with Crippen LogP contribution in [0.15, 0.2) is 24.3 Å². The molecule has 0 heterocycles. The lowest BCUT2D eigenvalue weighted by Crippen LogP contribution is -2.33. The van der Waals surface area contributed by atoms with E-state index < -0.39 is 0 Å². The largest absolute Gasteiger partial charge is 0.392 e. The number of aryl methyl sites for hydroxylation is 2. The first kappa shape index (κ1) is 11.0. The van der Waals surface area contributed by atoms with Crippen LogP contribution in [-0.4, -0.2) is 11.2 Å². The van der Waals surface area contributed by atoms with Crippen molar-refractivity contribution in [2.24, 2.45) is 11.8 Å². The normalized spacial score (nSPS) is 31.5. The van der Waals surface area contributed by atoms with E-state index in [0.29, 0.717) is 11.8 Å². The van der Waals surface area contributed by atoms with Gasteiger partial charge in [0.05, 0.1) is 6.10 Å². The number of fused-ring (bicyclic) bond motifs is 2. The molecule has 3 unspecified atom stereocenters. The second kappa shape index (κ2) is 3.99. The van der Waals surface area contributed by atoms with Crippen molar-refractivity contribution in [2.75, 3.05) is 0 Å². The second-order valence-corrected chi connectivity index (χ2v) is 5.63. The Balaban J connectivity index is 2.09. The third-order valence-electron chi connectivity index (χ3n) is 4.47. The highest BCUT2D eigenvalue weighted by molar-refractivity contribution is 5.74. The number of rotatable bonds is 1. The van der Waals surface area contributed by atoms with Crippen molar-refractivity contribution in [1.82, 2.24) is 0 Å². The van der Waals surface area contributed by atoms with E-state index in [4.69, 9.17) is 0 Å². The van der Waals surface area contributed by atoms with Gasteiger partial charge in [0.1, 0.15) is 0 Å². The van der Waals surface area contributed by atoms with Gasteiger partial charge in [-0.05, 0) is 61.3 Å². The topological polar surface area (TPSA) is 20.2 Å². The van der Waals surface area contributed by atoms with E-state index in [2.05, 4.69) is 38.1 Å². The van der Waals surface area contributed by atoms with Crippen molar-refractivity contribution in [1.29, 1.82) is 0 Å². The van der Waals surface area contributed by atoms with Crippen molar-refractivity contribution >= 4 is 5.57 Å². The Morgan fingerprint density at radius 3 is 2.35 bits per heavy atom. The zero-order valence-electron chi connectivity index (χ0n) is 10.6. The molecular weight excluding hydrogens is 208 g/mol. The molecule has 3 aliphatic rings. The summed E-state index contributed by atoms with van der Waals surface area (Å²) in [5.41, 5.74) is 5.69. The minimum Gasteiger partial charge on any atom is -0.392 e. The average molecular weight is 228 g/mol. The van der Waals surface area contributed by atoms with Crippen LogP contribution in [-0.2, 0) is 0 Å². The minimum atomic E-state index is -0.0955. The van der Waals surface area contributed by atoms with Gasteiger partial charge in [-0.15, -0.1) is 0 Å². The lowest BCUT2D eigenvalue weighted by atomic mass is 9.67. The predicted molar refractivity (Wildman–Crippen MR) is 70.7 cm³/mol. The molecule has 2 bridgehead atoms. The smallest absolute Gasteiger partial charge is 0.0608 e. The first-order valence-corrected chi connectivity index (χ1v) is 6.63. The van der Waals surface area contributed by atoms with Crippen LogP contribution in [0.3, 0.4) is 0 Å². The molecule has 4 rings (SSSR count). The van der Waals surface area contributed by atoms with Crippen LogP contribution in [0.1, 0.15) is 36.0 Å². The minimum absolute atomic E-state index is 0.0955. The van der Waals surface area contributed by atoms with Crippen LogP contribution in [0.5, 0.6) is 0 Å². The molecule has 0 amide bonds. The third kappa shape index (κ3) is 1.73. The lowest BCUT2D eigenvalue weighted by Gasteiger charge is -2.40. The maximum Gasteiger partial charge on any atom is 0.0608 e. The summed E-state index contributed by atoms with van der Waals surface area (Å²) in [7, 11) is 0. The maximum absolute atomic E-state index is 9.96. The summed E-state index contributed by atoms with van der Waals surface area (Å²) in [5, 5.41) is 9.96. The highest BCUT2D eigenvalue weighted by Gasteiger charge is 2.36. The lowest BCUT2D eigenvalue weighted by molar-refractivity contribution is 0.0703. The van der Waals surface area contributed by atoms with Crippen molar-refractivity contribution in [3.63, 3.8) is 0 Å². The van der Waals surface area contributed by atoms with Gasteiger partial charge < -0.3 is 5.11 Å². The summed E-state index contributed by atoms with van der Waals surface area (Å²) < 4.78 is 0. The Labute approximate surface area is 103 Å². The number of benzene rings is 1. The Morgan fingerprint density at radius 2 is 1.82 bits per heavy atom. The van der Waals surface area contributed by atoms with Crippen LogP contribution in [0.2, 0.25) is 0 Å². The zero-order chi connectivity index (χ0) is 12.0. The fourth-order valence-corrected chi connectivity index (χ4v) is 3.57. The first-order chi connectivity index (χ1) is 8.16. The molecule has 0 saturated heterocycles. The fraction of sp³-hybridized carbons (Fsp3) is 0.500. The summed E-state index contributed by atoms with van der Waals surface area (Å²) in [6, 6.07) is 6.52. The third-order valence-corrected chi connectivity index (χ3v) is 4.47. The summed E-state index contributed by atoms with van der Waals surface area (Å²) in [5.74, 6) is 0.976. The number of allylic oxidation sites excluding steroid dienone is 1. The van der Waals surface area contributed by atoms with Crippen LogP contribution < -0.4 is 0 Å². The van der Waals surface area contributed by atoms with Gasteiger partial charge >= 0.3 is 0 Å². The molecule has 90 valence electrons. The van der Waals surface area contributed by atoms with Crippen molar-refractivity contribution in [3.05, 3.63) is 41.0 Å². The van der Waals surface area contributed by atoms with Gasteiger partial charge in [0.25, 0.3) is 0 Å². The van der Waals surface area contributed by atoms with E-state index in [0.717, 1.165) is 6.42 Å². The fourth-order valence-electron chi connectivity index (χ4n) is 3.57. The van der Waals surface area contributed by atoms with Gasteiger partial charge in [-0.1, -0.05) is 24.3 Å². The molecule has 3 aliphatic carbocycles. The molecule has 0 aromatic heterocycles. The Bertz CT molecular complexity index is 452. The number of hydrogen-bond donors (Lipinski definition) is 1. The molecule has 1 N–H and O–H groups in total. The summed E-state index contributed by atoms with van der Waals surface area (Å²) in [6.45, 7) is 4.39. The molecule has 1 heteroatoms. The number of aliphatic hydroxyl groups is 1. The van der Waals surface area contributed by atoms with Crippen LogP contribution in [0.4, 0.5) is 0 Å². The predicted octanol–water partition coefficient (Wildman–Crippen LogP) is 3.48. The average Bonchev–Trinajstić information content (AvgIpc) is 2.30. The summed E-state index contributed by atoms with van der Waals surface area (Å²) >= 11 is 0. The molecule has 1 aromatic carbocycles. The number of hydrogen-bond acceptors (Lipinski definition) is 1. The van der Waals surface area contributed by atoms with Gasteiger partial charge in [-0.2, -0.15) is 0 Å². The van der Waals surface area contributed by atoms with Crippen LogP contribution in [0.25, 0.3) is 5.57 Å². The molecule has 0 aliphatic heterocycles. The highest BCUT2D eigenvalue weighted by atomic mass is 16.3. The Morgan fingerprint density at radius 1 is 1.12 bits per heavy atom. The Hall–Kier alpha value is -1.08. The first-order valence-electron chi connectivity index (χ1n) is 6.63. The van der Waals surface area contributed by atoms with Gasteiger partial charge in [0.15, 0.2) is 0 Å². The highest BCUT2D eigenvalue weighted by Crippen LogP contribution is 2.46. The van der Waals surface area contributed by atoms with E-state index in [1.54, 1.807) is 0 Å². The van der Waals surface area contributed by atoms with Crippen molar-refractivity contribution in [2.45, 2.75) is 39.2 Å². The molecule has 1 saturated carbocycles. The van der Waals surface area contributed by atoms with E-state index in [1.807, 2.05) is 0 Å². The molecule has 1 aromatic rings. The molecule has 1 fully saturated rings. The second-order valence-electron chi connectivity index (χ2n) is 5.63. The van der Waals surface area contributed by atoms with E-state index in [9.17, 15) is 5.11 Å². The molecular formula is C16H20O. The molecule has 3 atom stereocenters. The SMILES string of the molecule is Cc1cccc(C)c1C1=CC2CCC1CC2O.